The summed E-state index contributed by atoms with van der Waals surface area (Å²) in [5.41, 5.74) is 0.474. The summed E-state index contributed by atoms with van der Waals surface area (Å²) in [6, 6.07) is 6.12. The zero-order valence-corrected chi connectivity index (χ0v) is 23.2. The predicted molar refractivity (Wildman–Crippen MR) is 139 cm³/mol. The molecule has 3 heterocycles. The fourth-order valence-corrected chi connectivity index (χ4v) is 6.42. The minimum absolute atomic E-state index is 0. The Balaban J connectivity index is 0.00000380. The van der Waals surface area contributed by atoms with Gasteiger partial charge in [-0.05, 0) is 45.4 Å². The number of fused-ring (bicyclic) bond motifs is 1. The fraction of sp³-hybridized carbons (Fsp3) is 0.577. The van der Waals surface area contributed by atoms with Gasteiger partial charge in [0.15, 0.2) is 0 Å². The number of nitrogens with zero attached hydrogens (tertiary/aromatic N) is 2. The third-order valence-corrected chi connectivity index (χ3v) is 8.28. The molecule has 1 amide bonds. The molecule has 3 aliphatic rings. The first kappa shape index (κ1) is 29.4. The second-order valence-corrected chi connectivity index (χ2v) is 12.1. The molecule has 1 aromatic rings. The molecule has 0 bridgehead atoms. The van der Waals surface area contributed by atoms with Crippen LogP contribution in [-0.4, -0.2) is 70.0 Å². The fourth-order valence-electron chi connectivity index (χ4n) is 4.84. The van der Waals surface area contributed by atoms with Crippen LogP contribution in [0.15, 0.2) is 34.9 Å². The van der Waals surface area contributed by atoms with Crippen LogP contribution in [0.4, 0.5) is 4.39 Å². The van der Waals surface area contributed by atoms with Crippen LogP contribution < -0.4 is 0 Å². The average Bonchev–Trinajstić information content (AvgIpc) is 3.00. The van der Waals surface area contributed by atoms with Gasteiger partial charge in [0.1, 0.15) is 11.5 Å². The molecule has 11 heteroatoms. The molecule has 0 unspecified atom stereocenters. The molecule has 0 spiro atoms. The second kappa shape index (κ2) is 11.3. The number of halogens is 2. The number of aliphatic hydroxyl groups is 1. The molecule has 0 radical (unpaired) electrons. The van der Waals surface area contributed by atoms with E-state index in [0.29, 0.717) is 6.54 Å². The van der Waals surface area contributed by atoms with Crippen molar-refractivity contribution in [1.82, 2.24) is 9.80 Å². The first-order valence-corrected chi connectivity index (χ1v) is 13.0. The van der Waals surface area contributed by atoms with Crippen molar-refractivity contribution in [2.45, 2.75) is 58.6 Å². The largest absolute Gasteiger partial charge is 0.427 e. The van der Waals surface area contributed by atoms with Gasteiger partial charge >= 0.3 is 11.9 Å². The van der Waals surface area contributed by atoms with Crippen LogP contribution in [0.25, 0.3) is 0 Å². The number of ether oxygens (including phenoxy) is 2. The number of rotatable bonds is 8. The lowest BCUT2D eigenvalue weighted by Crippen LogP contribution is -2.63. The van der Waals surface area contributed by atoms with Crippen LogP contribution >= 0.6 is 24.2 Å². The van der Waals surface area contributed by atoms with Crippen molar-refractivity contribution in [3.8, 4) is 0 Å². The van der Waals surface area contributed by atoms with Crippen molar-refractivity contribution in [2.24, 2.45) is 17.3 Å². The Labute approximate surface area is 226 Å². The minimum atomic E-state index is -0.828. The minimum Gasteiger partial charge on any atom is -0.427 e. The van der Waals surface area contributed by atoms with Crippen molar-refractivity contribution in [1.29, 1.82) is 0 Å². The van der Waals surface area contributed by atoms with Crippen LogP contribution in [0.5, 0.6) is 0 Å². The number of hydrogen-bond donors (Lipinski definition) is 1. The van der Waals surface area contributed by atoms with E-state index in [1.165, 1.54) is 17.0 Å². The number of β-lactam (4-membered cyclic amide) rings is 1. The molecule has 204 valence electrons. The molecule has 4 atom stereocenters. The third kappa shape index (κ3) is 5.97. The zero-order valence-electron chi connectivity index (χ0n) is 21.6. The summed E-state index contributed by atoms with van der Waals surface area (Å²) in [6.45, 7) is 10.4. The monoisotopic (exact) mass is 556 g/mol. The van der Waals surface area contributed by atoms with Crippen LogP contribution in [-0.2, 0) is 30.4 Å². The van der Waals surface area contributed by atoms with Gasteiger partial charge < -0.3 is 19.5 Å². The normalized spacial score (nSPS) is 24.6. The predicted octanol–water partition coefficient (Wildman–Crippen LogP) is 3.32. The number of amides is 1. The third-order valence-electron chi connectivity index (χ3n) is 6.83. The van der Waals surface area contributed by atoms with Gasteiger partial charge in [-0.15, -0.1) is 24.2 Å². The van der Waals surface area contributed by atoms with E-state index < -0.39 is 36.2 Å². The first-order chi connectivity index (χ1) is 16.9. The second-order valence-electron chi connectivity index (χ2n) is 10.8. The van der Waals surface area contributed by atoms with Gasteiger partial charge in [0, 0.05) is 35.7 Å². The average molecular weight is 557 g/mol. The molecule has 1 N–H and O–H groups in total. The molecular formula is C26H34ClFN2O6S. The molecule has 2 fully saturated rings. The van der Waals surface area contributed by atoms with Gasteiger partial charge in [0.2, 0.25) is 12.7 Å². The van der Waals surface area contributed by atoms with E-state index in [-0.39, 0.29) is 47.0 Å². The highest BCUT2D eigenvalue weighted by atomic mass is 35.5. The molecule has 0 saturated carbocycles. The van der Waals surface area contributed by atoms with Gasteiger partial charge in [-0.3, -0.25) is 14.5 Å². The maximum atomic E-state index is 13.2. The Morgan fingerprint density at radius 1 is 1.19 bits per heavy atom. The molecular weight excluding hydrogens is 523 g/mol. The van der Waals surface area contributed by atoms with Crippen molar-refractivity contribution in [3.63, 3.8) is 0 Å². The van der Waals surface area contributed by atoms with E-state index >= 15 is 0 Å². The number of carbonyl (C=O) groups excluding carboxylic acids is 3. The topological polar surface area (TPSA) is 96.4 Å². The Kier molecular flexibility index (Phi) is 8.99. The summed E-state index contributed by atoms with van der Waals surface area (Å²) in [5, 5.41) is 10.4. The molecule has 1 aromatic carbocycles. The Hall–Kier alpha value is -2.14. The molecule has 2 saturated heterocycles. The highest BCUT2D eigenvalue weighted by Gasteiger charge is 2.60. The number of carbonyl (C=O) groups is 3. The van der Waals surface area contributed by atoms with E-state index in [0.717, 1.165) is 23.6 Å². The summed E-state index contributed by atoms with van der Waals surface area (Å²) in [5.74, 6) is -2.49. The number of benzene rings is 1. The number of hydrogen-bond acceptors (Lipinski definition) is 8. The molecule has 37 heavy (non-hydrogen) atoms. The maximum absolute atomic E-state index is 13.2. The summed E-state index contributed by atoms with van der Waals surface area (Å²) in [7, 11) is 0. The molecule has 0 aliphatic carbocycles. The molecule has 4 rings (SSSR count). The summed E-state index contributed by atoms with van der Waals surface area (Å²) in [4.78, 5) is 42.4. The zero-order chi connectivity index (χ0) is 26.4. The molecule has 3 aliphatic heterocycles. The number of esters is 2. The Morgan fingerprint density at radius 3 is 2.38 bits per heavy atom. The Bertz CT molecular complexity index is 1070. The lowest BCUT2D eigenvalue weighted by molar-refractivity contribution is -0.175. The number of aliphatic hydroxyl groups excluding tert-OH is 1. The number of likely N-dealkylation sites (tertiary alicyclic amines) is 1. The van der Waals surface area contributed by atoms with E-state index in [1.54, 1.807) is 51.6 Å². The smallest absolute Gasteiger partial charge is 0.358 e. The van der Waals surface area contributed by atoms with Crippen molar-refractivity contribution in [2.75, 3.05) is 19.9 Å². The van der Waals surface area contributed by atoms with Gasteiger partial charge in [-0.2, -0.15) is 0 Å². The first-order valence-electron chi connectivity index (χ1n) is 12.1. The molecule has 0 aromatic heterocycles. The standard InChI is InChI=1S/C26H33FN2O6S.ClH/c1-14-20-19(15(2)30)23(31)29(20)21(24(32)34-13-35-25(33)26(3,4)5)22(14)36-18-11-28(12-18)10-16-6-8-17(27)9-7-16;/h6-9,14-15,18-20,30H,10-13H2,1-5H3;1H/t14-,15-,19-,20-;/m1./s1. The summed E-state index contributed by atoms with van der Waals surface area (Å²) < 4.78 is 23.5. The lowest BCUT2D eigenvalue weighted by Gasteiger charge is -2.46. The highest BCUT2D eigenvalue weighted by molar-refractivity contribution is 8.03. The van der Waals surface area contributed by atoms with Crippen molar-refractivity contribution >= 4 is 42.0 Å². The maximum Gasteiger partial charge on any atom is 0.358 e. The SMILES string of the molecule is C[C@@H](O)[C@H]1C(=O)N2C(C(=O)OCOC(=O)C(C)(C)C)=C(SC3CN(Cc4ccc(F)cc4)C3)[C@H](C)[C@H]12.Cl. The van der Waals surface area contributed by atoms with Gasteiger partial charge in [0.05, 0.1) is 23.5 Å². The van der Waals surface area contributed by atoms with E-state index in [4.69, 9.17) is 9.47 Å². The molecule has 8 nitrogen and oxygen atoms in total. The quantitative estimate of drug-likeness (QED) is 0.296. The van der Waals surface area contributed by atoms with E-state index in [9.17, 15) is 23.9 Å². The van der Waals surface area contributed by atoms with Crippen molar-refractivity contribution < 1.29 is 33.4 Å². The van der Waals surface area contributed by atoms with E-state index in [2.05, 4.69) is 4.90 Å². The summed E-state index contributed by atoms with van der Waals surface area (Å²) in [6.07, 6.45) is -0.828. The lowest BCUT2D eigenvalue weighted by atomic mass is 9.79. The summed E-state index contributed by atoms with van der Waals surface area (Å²) >= 11 is 1.56. The Morgan fingerprint density at radius 2 is 1.81 bits per heavy atom. The highest BCUT2D eigenvalue weighted by Crippen LogP contribution is 2.52. The number of thioether (sulfide) groups is 1. The van der Waals surface area contributed by atoms with Gasteiger partial charge in [0.25, 0.3) is 0 Å². The van der Waals surface area contributed by atoms with Gasteiger partial charge in [-0.25, -0.2) is 9.18 Å². The van der Waals surface area contributed by atoms with Crippen LogP contribution in [0, 0.1) is 23.1 Å². The van der Waals surface area contributed by atoms with Crippen molar-refractivity contribution in [3.05, 3.63) is 46.2 Å². The van der Waals surface area contributed by atoms with E-state index in [1.807, 2.05) is 6.92 Å². The van der Waals surface area contributed by atoms with Crippen LogP contribution in [0.2, 0.25) is 0 Å². The van der Waals surface area contributed by atoms with Crippen LogP contribution in [0.1, 0.15) is 40.2 Å². The van der Waals surface area contributed by atoms with Crippen LogP contribution in [0.3, 0.4) is 0 Å². The van der Waals surface area contributed by atoms with Gasteiger partial charge in [-0.1, -0.05) is 19.1 Å².